The van der Waals surface area contributed by atoms with Crippen LogP contribution in [0.1, 0.15) is 24.8 Å². The zero-order valence-electron chi connectivity index (χ0n) is 9.48. The first kappa shape index (κ1) is 13.0. The molecular formula is C12H11ClN2O2S. The Kier molecular flexibility index (Phi) is 3.63. The fourth-order valence-corrected chi connectivity index (χ4v) is 2.19. The average molecular weight is 283 g/mol. The van der Waals surface area contributed by atoms with Crippen LogP contribution in [0.3, 0.4) is 0 Å². The monoisotopic (exact) mass is 282 g/mol. The number of hydrogen-bond donors (Lipinski definition) is 1. The number of amides is 2. The number of benzene rings is 1. The van der Waals surface area contributed by atoms with Crippen molar-refractivity contribution in [2.45, 2.75) is 19.3 Å². The summed E-state index contributed by atoms with van der Waals surface area (Å²) < 4.78 is 0. The fraction of sp³-hybridized carbons (Fsp3) is 0.250. The highest BCUT2D eigenvalue weighted by Gasteiger charge is 2.29. The van der Waals surface area contributed by atoms with Gasteiger partial charge in [-0.15, -0.1) is 0 Å². The summed E-state index contributed by atoms with van der Waals surface area (Å²) >= 11 is 10.9. The number of rotatable bonds is 2. The van der Waals surface area contributed by atoms with Crippen LogP contribution < -0.4 is 10.6 Å². The van der Waals surface area contributed by atoms with Crippen molar-refractivity contribution in [3.8, 4) is 0 Å². The zero-order chi connectivity index (χ0) is 13.3. The molecule has 1 heterocycles. The standard InChI is InChI=1S/C12H11ClN2O2S/c13-8-5-4-7(12(14)18)6-9(8)15-10(16)2-1-3-11(15)17/h4-6H,1-3H2,(H2,14,18). The Hall–Kier alpha value is -1.46. The van der Waals surface area contributed by atoms with E-state index >= 15 is 0 Å². The smallest absolute Gasteiger partial charge is 0.233 e. The van der Waals surface area contributed by atoms with Gasteiger partial charge < -0.3 is 5.73 Å². The molecule has 0 atom stereocenters. The highest BCUT2D eigenvalue weighted by molar-refractivity contribution is 7.80. The summed E-state index contributed by atoms with van der Waals surface area (Å²) in [7, 11) is 0. The van der Waals surface area contributed by atoms with Gasteiger partial charge in [0.25, 0.3) is 0 Å². The Bertz CT molecular complexity index is 529. The minimum absolute atomic E-state index is 0.199. The molecule has 18 heavy (non-hydrogen) atoms. The van der Waals surface area contributed by atoms with Crippen LogP contribution in [0.4, 0.5) is 5.69 Å². The van der Waals surface area contributed by atoms with Crippen LogP contribution in [0.15, 0.2) is 18.2 Å². The molecule has 6 heteroatoms. The van der Waals surface area contributed by atoms with E-state index < -0.39 is 0 Å². The van der Waals surface area contributed by atoms with E-state index in [1.807, 2.05) is 0 Å². The van der Waals surface area contributed by atoms with Crippen molar-refractivity contribution in [3.63, 3.8) is 0 Å². The lowest BCUT2D eigenvalue weighted by molar-refractivity contribution is -0.129. The van der Waals surface area contributed by atoms with Crippen LogP contribution in [-0.4, -0.2) is 16.8 Å². The van der Waals surface area contributed by atoms with Crippen molar-refractivity contribution in [2.75, 3.05) is 4.90 Å². The lowest BCUT2D eigenvalue weighted by Crippen LogP contribution is -2.40. The van der Waals surface area contributed by atoms with Gasteiger partial charge in [-0.2, -0.15) is 0 Å². The molecule has 0 aliphatic carbocycles. The van der Waals surface area contributed by atoms with Gasteiger partial charge in [-0.1, -0.05) is 29.9 Å². The highest BCUT2D eigenvalue weighted by Crippen LogP contribution is 2.30. The van der Waals surface area contributed by atoms with E-state index in [-0.39, 0.29) is 16.8 Å². The second kappa shape index (κ2) is 5.04. The summed E-state index contributed by atoms with van der Waals surface area (Å²) in [5, 5.41) is 0.332. The summed E-state index contributed by atoms with van der Waals surface area (Å²) in [5.74, 6) is -0.485. The molecule has 0 spiro atoms. The molecular weight excluding hydrogens is 272 g/mol. The maximum absolute atomic E-state index is 11.8. The first-order valence-electron chi connectivity index (χ1n) is 5.46. The second-order valence-corrected chi connectivity index (χ2v) is 4.85. The molecule has 4 nitrogen and oxygen atoms in total. The quantitative estimate of drug-likeness (QED) is 0.666. The van der Waals surface area contributed by atoms with Crippen molar-refractivity contribution in [2.24, 2.45) is 5.73 Å². The first-order valence-corrected chi connectivity index (χ1v) is 6.24. The Morgan fingerprint density at radius 2 is 1.89 bits per heavy atom. The van der Waals surface area contributed by atoms with Crippen LogP contribution in [0, 0.1) is 0 Å². The molecule has 2 N–H and O–H groups in total. The number of nitrogens with zero attached hydrogens (tertiary/aromatic N) is 1. The number of thiocarbonyl (C=S) groups is 1. The van der Waals surface area contributed by atoms with Gasteiger partial charge >= 0.3 is 0 Å². The third kappa shape index (κ3) is 2.37. The van der Waals surface area contributed by atoms with Crippen molar-refractivity contribution in [1.29, 1.82) is 0 Å². The maximum Gasteiger partial charge on any atom is 0.233 e. The maximum atomic E-state index is 11.8. The summed E-state index contributed by atoms with van der Waals surface area (Å²) in [6, 6.07) is 4.82. The minimum Gasteiger partial charge on any atom is -0.389 e. The molecule has 0 radical (unpaired) electrons. The van der Waals surface area contributed by atoms with E-state index in [4.69, 9.17) is 29.6 Å². The van der Waals surface area contributed by atoms with E-state index in [1.165, 1.54) is 0 Å². The third-order valence-corrected chi connectivity index (χ3v) is 3.31. The van der Waals surface area contributed by atoms with Crippen LogP contribution in [0.25, 0.3) is 0 Å². The zero-order valence-corrected chi connectivity index (χ0v) is 11.1. The predicted octanol–water partition coefficient (Wildman–Crippen LogP) is 2.02. The van der Waals surface area contributed by atoms with Crippen molar-refractivity contribution < 1.29 is 9.59 Å². The molecule has 1 aliphatic heterocycles. The van der Waals surface area contributed by atoms with E-state index in [9.17, 15) is 9.59 Å². The Balaban J connectivity index is 2.48. The van der Waals surface area contributed by atoms with Gasteiger partial charge in [0, 0.05) is 18.4 Å². The van der Waals surface area contributed by atoms with Crippen LogP contribution in [-0.2, 0) is 9.59 Å². The average Bonchev–Trinajstić information content (AvgIpc) is 2.30. The van der Waals surface area contributed by atoms with Gasteiger partial charge in [0.1, 0.15) is 4.99 Å². The van der Waals surface area contributed by atoms with E-state index in [0.29, 0.717) is 35.5 Å². The van der Waals surface area contributed by atoms with Gasteiger partial charge in [-0.25, -0.2) is 4.90 Å². The van der Waals surface area contributed by atoms with E-state index in [1.54, 1.807) is 18.2 Å². The van der Waals surface area contributed by atoms with Crippen LogP contribution in [0.5, 0.6) is 0 Å². The molecule has 0 unspecified atom stereocenters. The van der Waals surface area contributed by atoms with E-state index in [0.717, 1.165) is 4.90 Å². The molecule has 1 saturated heterocycles. The van der Waals surface area contributed by atoms with Crippen molar-refractivity contribution >= 4 is 46.3 Å². The number of halogens is 1. The number of imide groups is 1. The molecule has 0 saturated carbocycles. The largest absolute Gasteiger partial charge is 0.389 e. The Labute approximate surface area is 115 Å². The Morgan fingerprint density at radius 3 is 2.44 bits per heavy atom. The molecule has 0 bridgehead atoms. The highest BCUT2D eigenvalue weighted by atomic mass is 35.5. The SMILES string of the molecule is NC(=S)c1ccc(Cl)c(N2C(=O)CCCC2=O)c1. The van der Waals surface area contributed by atoms with Crippen LogP contribution in [0.2, 0.25) is 5.02 Å². The molecule has 1 aromatic carbocycles. The molecule has 2 amide bonds. The Morgan fingerprint density at radius 1 is 1.28 bits per heavy atom. The molecule has 0 aromatic heterocycles. The van der Waals surface area contributed by atoms with E-state index in [2.05, 4.69) is 0 Å². The van der Waals surface area contributed by atoms with Gasteiger partial charge in [-0.05, 0) is 18.6 Å². The molecule has 1 aromatic rings. The number of carbonyl (C=O) groups is 2. The van der Waals surface area contributed by atoms with Gasteiger partial charge in [-0.3, -0.25) is 9.59 Å². The summed E-state index contributed by atoms with van der Waals surface area (Å²) in [5.41, 5.74) is 6.47. The predicted molar refractivity (Wildman–Crippen MR) is 73.7 cm³/mol. The fourth-order valence-electron chi connectivity index (χ4n) is 1.86. The number of carbonyl (C=O) groups excluding carboxylic acids is 2. The van der Waals surface area contributed by atoms with Crippen molar-refractivity contribution in [1.82, 2.24) is 0 Å². The normalized spacial score (nSPS) is 15.9. The molecule has 1 aliphatic rings. The second-order valence-electron chi connectivity index (χ2n) is 4.01. The summed E-state index contributed by atoms with van der Waals surface area (Å²) in [4.78, 5) is 25.0. The number of piperidine rings is 1. The lowest BCUT2D eigenvalue weighted by atomic mass is 10.1. The summed E-state index contributed by atoms with van der Waals surface area (Å²) in [6.07, 6.45) is 1.28. The van der Waals surface area contributed by atoms with Gasteiger partial charge in [0.15, 0.2) is 0 Å². The number of hydrogen-bond acceptors (Lipinski definition) is 3. The molecule has 1 fully saturated rings. The molecule has 2 rings (SSSR count). The topological polar surface area (TPSA) is 63.4 Å². The molecule has 94 valence electrons. The lowest BCUT2D eigenvalue weighted by Gasteiger charge is -2.26. The third-order valence-electron chi connectivity index (χ3n) is 2.75. The minimum atomic E-state index is -0.242. The van der Waals surface area contributed by atoms with Gasteiger partial charge in [0.2, 0.25) is 11.8 Å². The number of anilines is 1. The first-order chi connectivity index (χ1) is 8.50. The number of nitrogens with two attached hydrogens (primary N) is 1. The summed E-state index contributed by atoms with van der Waals surface area (Å²) in [6.45, 7) is 0. The van der Waals surface area contributed by atoms with Gasteiger partial charge in [0.05, 0.1) is 10.7 Å². The van der Waals surface area contributed by atoms with Crippen molar-refractivity contribution in [3.05, 3.63) is 28.8 Å². The van der Waals surface area contributed by atoms with Crippen LogP contribution >= 0.6 is 23.8 Å².